The summed E-state index contributed by atoms with van der Waals surface area (Å²) in [4.78, 5) is 12.5. The second-order valence-corrected chi connectivity index (χ2v) is 5.58. The average molecular weight is 258 g/mol. The third kappa shape index (κ3) is 1.20. The normalized spacial score (nSPS) is 13.7. The molecular formula is C19H14O. The fourth-order valence-electron chi connectivity index (χ4n) is 3.31. The molecule has 96 valence electrons. The van der Waals surface area contributed by atoms with Crippen LogP contribution in [0.5, 0.6) is 0 Å². The van der Waals surface area contributed by atoms with Gasteiger partial charge in [-0.05, 0) is 46.7 Å². The van der Waals surface area contributed by atoms with Gasteiger partial charge in [0.1, 0.15) is 0 Å². The Morgan fingerprint density at radius 3 is 1.85 bits per heavy atom. The van der Waals surface area contributed by atoms with Gasteiger partial charge in [0, 0.05) is 16.5 Å². The lowest BCUT2D eigenvalue weighted by Gasteiger charge is -2.21. The predicted octanol–water partition coefficient (Wildman–Crippen LogP) is 4.82. The number of Topliss-reactive ketones (excluding diaryl/α,β-unsaturated/α-hetero) is 1. The van der Waals surface area contributed by atoms with Gasteiger partial charge in [-0.1, -0.05) is 43.0 Å². The Morgan fingerprint density at radius 1 is 0.750 bits per heavy atom. The van der Waals surface area contributed by atoms with Crippen molar-refractivity contribution in [3.63, 3.8) is 0 Å². The van der Waals surface area contributed by atoms with E-state index in [1.165, 1.54) is 27.3 Å². The van der Waals surface area contributed by atoms with Crippen LogP contribution in [0.15, 0.2) is 43.0 Å². The minimum absolute atomic E-state index is 0.0545. The molecular weight excluding hydrogens is 244 g/mol. The van der Waals surface area contributed by atoms with Crippen LogP contribution in [0.2, 0.25) is 0 Å². The van der Waals surface area contributed by atoms with E-state index >= 15 is 0 Å². The van der Waals surface area contributed by atoms with Gasteiger partial charge in [0.15, 0.2) is 5.78 Å². The Balaban J connectivity index is 2.44. The first-order valence-corrected chi connectivity index (χ1v) is 6.79. The van der Waals surface area contributed by atoms with Gasteiger partial charge in [-0.3, -0.25) is 4.79 Å². The monoisotopic (exact) mass is 258 g/mol. The highest BCUT2D eigenvalue weighted by atomic mass is 16.1. The van der Waals surface area contributed by atoms with Crippen LogP contribution in [0.25, 0.3) is 27.1 Å². The van der Waals surface area contributed by atoms with E-state index in [0.29, 0.717) is 5.57 Å². The molecule has 0 unspecified atom stereocenters. The number of carbonyl (C=O) groups is 1. The number of rotatable bonds is 0. The highest BCUT2D eigenvalue weighted by molar-refractivity contribution is 6.40. The molecule has 20 heavy (non-hydrogen) atoms. The number of aryl methyl sites for hydroxylation is 2. The number of allylic oxidation sites excluding steroid dienone is 1. The minimum atomic E-state index is 0.0545. The number of benzene rings is 3. The lowest BCUT2D eigenvalue weighted by Crippen LogP contribution is -2.09. The molecule has 3 aromatic carbocycles. The summed E-state index contributed by atoms with van der Waals surface area (Å²) in [6.45, 7) is 8.21. The summed E-state index contributed by atoms with van der Waals surface area (Å²) in [5.74, 6) is 0.0545. The maximum Gasteiger partial charge on any atom is 0.193 e. The zero-order valence-corrected chi connectivity index (χ0v) is 11.6. The van der Waals surface area contributed by atoms with Gasteiger partial charge in [-0.15, -0.1) is 0 Å². The van der Waals surface area contributed by atoms with E-state index in [4.69, 9.17) is 0 Å². The van der Waals surface area contributed by atoms with Crippen LogP contribution < -0.4 is 0 Å². The van der Waals surface area contributed by atoms with E-state index in [1.54, 1.807) is 0 Å². The molecule has 0 radical (unpaired) electrons. The Morgan fingerprint density at radius 2 is 1.25 bits per heavy atom. The summed E-state index contributed by atoms with van der Waals surface area (Å²) >= 11 is 0. The van der Waals surface area contributed by atoms with Crippen LogP contribution in [0.4, 0.5) is 0 Å². The first-order valence-electron chi connectivity index (χ1n) is 6.79. The predicted molar refractivity (Wildman–Crippen MR) is 84.3 cm³/mol. The van der Waals surface area contributed by atoms with Crippen molar-refractivity contribution in [1.82, 2.24) is 0 Å². The Labute approximate surface area is 117 Å². The largest absolute Gasteiger partial charge is 0.289 e. The number of ketones is 1. The first kappa shape index (κ1) is 11.4. The quantitative estimate of drug-likeness (QED) is 0.417. The molecule has 0 amide bonds. The summed E-state index contributed by atoms with van der Waals surface area (Å²) in [5, 5.41) is 4.67. The van der Waals surface area contributed by atoms with Gasteiger partial charge in [0.25, 0.3) is 0 Å². The summed E-state index contributed by atoms with van der Waals surface area (Å²) in [7, 11) is 0. The lowest BCUT2D eigenvalue weighted by molar-refractivity contribution is 0.105. The van der Waals surface area contributed by atoms with Crippen LogP contribution in [0.1, 0.15) is 27.0 Å². The molecule has 1 nitrogen and oxygen atoms in total. The molecule has 3 aromatic rings. The van der Waals surface area contributed by atoms with Crippen LogP contribution in [-0.4, -0.2) is 5.78 Å². The fourth-order valence-corrected chi connectivity index (χ4v) is 3.31. The van der Waals surface area contributed by atoms with Gasteiger partial charge >= 0.3 is 0 Å². The molecule has 1 aliphatic carbocycles. The maximum absolute atomic E-state index is 12.5. The zero-order valence-electron chi connectivity index (χ0n) is 11.6. The number of hydrogen-bond acceptors (Lipinski definition) is 1. The molecule has 4 rings (SSSR count). The molecule has 0 saturated carbocycles. The standard InChI is InChI=1S/C19H14O/c1-10-4-6-15-12(3)19(20)16-7-5-11(2)14-9-8-13(10)17(15)18(14)16/h4-9H,3H2,1-2H3. The van der Waals surface area contributed by atoms with Gasteiger partial charge in [0.2, 0.25) is 0 Å². The topological polar surface area (TPSA) is 17.1 Å². The Bertz CT molecular complexity index is 866. The van der Waals surface area contributed by atoms with Crippen LogP contribution in [0, 0.1) is 13.8 Å². The van der Waals surface area contributed by atoms with E-state index in [-0.39, 0.29) is 5.78 Å². The molecule has 0 aliphatic heterocycles. The molecule has 0 fully saturated rings. The molecule has 0 spiro atoms. The van der Waals surface area contributed by atoms with Crippen molar-refractivity contribution in [2.75, 3.05) is 0 Å². The highest BCUT2D eigenvalue weighted by Gasteiger charge is 2.25. The van der Waals surface area contributed by atoms with Crippen molar-refractivity contribution >= 4 is 32.9 Å². The zero-order chi connectivity index (χ0) is 14.0. The second kappa shape index (κ2) is 3.57. The van der Waals surface area contributed by atoms with E-state index in [0.717, 1.165) is 16.5 Å². The summed E-state index contributed by atoms with van der Waals surface area (Å²) in [5.41, 5.74) is 4.83. The van der Waals surface area contributed by atoms with Crippen LogP contribution in [0.3, 0.4) is 0 Å². The van der Waals surface area contributed by atoms with Crippen molar-refractivity contribution in [2.45, 2.75) is 13.8 Å². The molecule has 1 heteroatoms. The van der Waals surface area contributed by atoms with E-state index in [2.05, 4.69) is 38.6 Å². The van der Waals surface area contributed by atoms with E-state index in [9.17, 15) is 4.79 Å². The smallest absolute Gasteiger partial charge is 0.193 e. The molecule has 0 bridgehead atoms. The van der Waals surface area contributed by atoms with Crippen molar-refractivity contribution in [3.05, 3.63) is 65.2 Å². The fraction of sp³-hybridized carbons (Fsp3) is 0.105. The summed E-state index contributed by atoms with van der Waals surface area (Å²) in [6.07, 6.45) is 0. The third-order valence-electron chi connectivity index (χ3n) is 4.44. The SMILES string of the molecule is C=C1C(=O)c2ccc(C)c3ccc4c(C)ccc1c4c23. The second-order valence-electron chi connectivity index (χ2n) is 5.58. The van der Waals surface area contributed by atoms with Crippen molar-refractivity contribution in [3.8, 4) is 0 Å². The molecule has 0 atom stereocenters. The number of carbonyl (C=O) groups excluding carboxylic acids is 1. The molecule has 1 aliphatic rings. The van der Waals surface area contributed by atoms with Gasteiger partial charge in [-0.2, -0.15) is 0 Å². The number of hydrogen-bond donors (Lipinski definition) is 0. The minimum Gasteiger partial charge on any atom is -0.289 e. The molecule has 0 aromatic heterocycles. The van der Waals surface area contributed by atoms with Gasteiger partial charge in [0.05, 0.1) is 0 Å². The van der Waals surface area contributed by atoms with Crippen molar-refractivity contribution in [1.29, 1.82) is 0 Å². The van der Waals surface area contributed by atoms with Crippen molar-refractivity contribution in [2.24, 2.45) is 0 Å². The molecule has 0 N–H and O–H groups in total. The molecule has 0 saturated heterocycles. The third-order valence-corrected chi connectivity index (χ3v) is 4.44. The summed E-state index contributed by atoms with van der Waals surface area (Å²) in [6, 6.07) is 12.4. The van der Waals surface area contributed by atoms with Crippen molar-refractivity contribution < 1.29 is 4.79 Å². The van der Waals surface area contributed by atoms with Crippen LogP contribution >= 0.6 is 0 Å². The Hall–Kier alpha value is -2.41. The van der Waals surface area contributed by atoms with E-state index < -0.39 is 0 Å². The maximum atomic E-state index is 12.5. The average Bonchev–Trinajstić information content (AvgIpc) is 2.45. The summed E-state index contributed by atoms with van der Waals surface area (Å²) < 4.78 is 0. The van der Waals surface area contributed by atoms with Gasteiger partial charge in [-0.25, -0.2) is 0 Å². The Kier molecular flexibility index (Phi) is 2.04. The highest BCUT2D eigenvalue weighted by Crippen LogP contribution is 2.41. The lowest BCUT2D eigenvalue weighted by atomic mass is 9.81. The van der Waals surface area contributed by atoms with Crippen LogP contribution in [-0.2, 0) is 0 Å². The van der Waals surface area contributed by atoms with Gasteiger partial charge < -0.3 is 0 Å². The van der Waals surface area contributed by atoms with E-state index in [1.807, 2.05) is 18.2 Å². The first-order chi connectivity index (χ1) is 9.59. The molecule has 0 heterocycles.